The Bertz CT molecular complexity index is 379. The molecule has 0 saturated carbocycles. The number of carboxylic acid groups (broad SMARTS) is 1. The molecule has 0 fully saturated rings. The van der Waals surface area contributed by atoms with Crippen LogP contribution in [0.1, 0.15) is 19.2 Å². The standard InChI is InChI=1S/C10H17N5O3/c1-2-7(9(16)17)5-12-10(18)11-4-3-8-13-6-14-15-8/h6-7H,2-5H2,1H3,(H,16,17)(H2,11,12,18)(H,13,14,15). The predicted molar refractivity (Wildman–Crippen MR) is 62.9 cm³/mol. The molecule has 18 heavy (non-hydrogen) atoms. The highest BCUT2D eigenvalue weighted by atomic mass is 16.4. The summed E-state index contributed by atoms with van der Waals surface area (Å²) >= 11 is 0. The topological polar surface area (TPSA) is 120 Å². The summed E-state index contributed by atoms with van der Waals surface area (Å²) in [6.07, 6.45) is 2.42. The molecule has 0 aromatic carbocycles. The Balaban J connectivity index is 2.15. The number of aliphatic carboxylic acids is 1. The van der Waals surface area contributed by atoms with Crippen LogP contribution in [0.3, 0.4) is 0 Å². The normalized spacial score (nSPS) is 11.8. The number of urea groups is 1. The predicted octanol–water partition coefficient (Wildman–Crippen LogP) is -0.243. The largest absolute Gasteiger partial charge is 0.481 e. The number of nitrogens with one attached hydrogen (secondary N) is 3. The molecule has 1 aromatic heterocycles. The summed E-state index contributed by atoms with van der Waals surface area (Å²) < 4.78 is 0. The van der Waals surface area contributed by atoms with E-state index in [9.17, 15) is 9.59 Å². The summed E-state index contributed by atoms with van der Waals surface area (Å²) in [7, 11) is 0. The van der Waals surface area contributed by atoms with Gasteiger partial charge in [0.25, 0.3) is 0 Å². The highest BCUT2D eigenvalue weighted by Crippen LogP contribution is 1.99. The van der Waals surface area contributed by atoms with Crippen molar-refractivity contribution >= 4 is 12.0 Å². The second-order valence-electron chi connectivity index (χ2n) is 3.76. The number of hydrogen-bond donors (Lipinski definition) is 4. The number of hydrogen-bond acceptors (Lipinski definition) is 4. The first-order chi connectivity index (χ1) is 8.63. The van der Waals surface area contributed by atoms with Gasteiger partial charge in [-0.15, -0.1) is 0 Å². The molecule has 0 saturated heterocycles. The Morgan fingerprint density at radius 3 is 2.83 bits per heavy atom. The van der Waals surface area contributed by atoms with E-state index in [0.29, 0.717) is 25.2 Å². The molecule has 0 aliphatic heterocycles. The van der Waals surface area contributed by atoms with E-state index >= 15 is 0 Å². The van der Waals surface area contributed by atoms with Gasteiger partial charge in [-0.2, -0.15) is 5.10 Å². The average molecular weight is 255 g/mol. The third kappa shape index (κ3) is 4.81. The summed E-state index contributed by atoms with van der Waals surface area (Å²) in [6.45, 7) is 2.30. The lowest BCUT2D eigenvalue weighted by atomic mass is 10.1. The van der Waals surface area contributed by atoms with Gasteiger partial charge in [0.2, 0.25) is 0 Å². The lowest BCUT2D eigenvalue weighted by Crippen LogP contribution is -2.40. The fourth-order valence-corrected chi connectivity index (χ4v) is 1.33. The molecule has 1 unspecified atom stereocenters. The van der Waals surface area contributed by atoms with Crippen LogP contribution in [0.25, 0.3) is 0 Å². The van der Waals surface area contributed by atoms with Gasteiger partial charge in [0, 0.05) is 19.5 Å². The van der Waals surface area contributed by atoms with Crippen LogP contribution in [-0.4, -0.2) is 45.4 Å². The molecule has 1 heterocycles. The molecule has 4 N–H and O–H groups in total. The molecule has 0 aliphatic rings. The van der Waals surface area contributed by atoms with E-state index in [4.69, 9.17) is 5.11 Å². The van der Waals surface area contributed by atoms with Crippen molar-refractivity contribution in [2.75, 3.05) is 13.1 Å². The Kier molecular flexibility index (Phi) is 5.62. The van der Waals surface area contributed by atoms with E-state index < -0.39 is 11.9 Å². The quantitative estimate of drug-likeness (QED) is 0.536. The first kappa shape index (κ1) is 13.9. The Morgan fingerprint density at radius 1 is 1.50 bits per heavy atom. The molecule has 1 atom stereocenters. The van der Waals surface area contributed by atoms with Gasteiger partial charge < -0.3 is 15.7 Å². The van der Waals surface area contributed by atoms with E-state index in [1.807, 2.05) is 0 Å². The van der Waals surface area contributed by atoms with Gasteiger partial charge in [-0.25, -0.2) is 9.78 Å². The third-order valence-corrected chi connectivity index (χ3v) is 2.46. The lowest BCUT2D eigenvalue weighted by Gasteiger charge is -2.11. The van der Waals surface area contributed by atoms with Crippen LogP contribution in [0.15, 0.2) is 6.33 Å². The summed E-state index contributed by atoms with van der Waals surface area (Å²) in [4.78, 5) is 26.0. The van der Waals surface area contributed by atoms with Crippen molar-refractivity contribution in [2.24, 2.45) is 5.92 Å². The van der Waals surface area contributed by atoms with E-state index in [2.05, 4.69) is 25.8 Å². The zero-order valence-corrected chi connectivity index (χ0v) is 10.1. The van der Waals surface area contributed by atoms with Crippen LogP contribution in [0.4, 0.5) is 4.79 Å². The number of carbonyl (C=O) groups is 2. The second kappa shape index (κ2) is 7.25. The highest BCUT2D eigenvalue weighted by molar-refractivity contribution is 5.75. The van der Waals surface area contributed by atoms with E-state index in [-0.39, 0.29) is 12.6 Å². The van der Waals surface area contributed by atoms with Gasteiger partial charge in [0.05, 0.1) is 5.92 Å². The lowest BCUT2D eigenvalue weighted by molar-refractivity contribution is -0.141. The van der Waals surface area contributed by atoms with Crippen molar-refractivity contribution in [2.45, 2.75) is 19.8 Å². The molecule has 2 amide bonds. The van der Waals surface area contributed by atoms with Crippen molar-refractivity contribution in [3.8, 4) is 0 Å². The average Bonchev–Trinajstić information content (AvgIpc) is 2.82. The van der Waals surface area contributed by atoms with Crippen LogP contribution >= 0.6 is 0 Å². The van der Waals surface area contributed by atoms with Crippen molar-refractivity contribution < 1.29 is 14.7 Å². The van der Waals surface area contributed by atoms with E-state index in [1.165, 1.54) is 6.33 Å². The van der Waals surface area contributed by atoms with E-state index in [1.54, 1.807) is 6.92 Å². The molecule has 100 valence electrons. The molecular weight excluding hydrogens is 238 g/mol. The molecule has 1 aromatic rings. The summed E-state index contributed by atoms with van der Waals surface area (Å²) in [6, 6.07) is -0.380. The molecule has 1 rings (SSSR count). The first-order valence-electron chi connectivity index (χ1n) is 5.72. The third-order valence-electron chi connectivity index (χ3n) is 2.46. The van der Waals surface area contributed by atoms with Gasteiger partial charge in [-0.1, -0.05) is 6.92 Å². The first-order valence-corrected chi connectivity index (χ1v) is 5.72. The summed E-state index contributed by atoms with van der Waals surface area (Å²) in [5.41, 5.74) is 0. The van der Waals surface area contributed by atoms with Gasteiger partial charge in [-0.3, -0.25) is 9.89 Å². The van der Waals surface area contributed by atoms with Gasteiger partial charge in [0.15, 0.2) is 0 Å². The molecular formula is C10H17N5O3. The van der Waals surface area contributed by atoms with Crippen molar-refractivity contribution in [3.05, 3.63) is 12.2 Å². The smallest absolute Gasteiger partial charge is 0.314 e. The van der Waals surface area contributed by atoms with Gasteiger partial charge >= 0.3 is 12.0 Å². The molecule has 8 heteroatoms. The number of carbonyl (C=O) groups excluding carboxylic acids is 1. The number of rotatable bonds is 7. The maximum atomic E-state index is 11.4. The van der Waals surface area contributed by atoms with Crippen LogP contribution in [0.2, 0.25) is 0 Å². The maximum Gasteiger partial charge on any atom is 0.314 e. The monoisotopic (exact) mass is 255 g/mol. The second-order valence-corrected chi connectivity index (χ2v) is 3.76. The van der Waals surface area contributed by atoms with Gasteiger partial charge in [0.1, 0.15) is 12.2 Å². The van der Waals surface area contributed by atoms with Crippen LogP contribution in [0, 0.1) is 5.92 Å². The fraction of sp³-hybridized carbons (Fsp3) is 0.600. The highest BCUT2D eigenvalue weighted by Gasteiger charge is 2.15. The molecule has 0 spiro atoms. The Morgan fingerprint density at radius 2 is 2.28 bits per heavy atom. The van der Waals surface area contributed by atoms with Crippen LogP contribution < -0.4 is 10.6 Å². The fourth-order valence-electron chi connectivity index (χ4n) is 1.33. The molecule has 0 radical (unpaired) electrons. The van der Waals surface area contributed by atoms with Crippen molar-refractivity contribution in [1.29, 1.82) is 0 Å². The zero-order valence-electron chi connectivity index (χ0n) is 10.1. The Labute approximate surface area is 104 Å². The number of H-pyrrole nitrogens is 1. The molecule has 0 bridgehead atoms. The number of aromatic amines is 1. The van der Waals surface area contributed by atoms with Crippen molar-refractivity contribution in [1.82, 2.24) is 25.8 Å². The molecule has 0 aliphatic carbocycles. The minimum atomic E-state index is -0.903. The number of amides is 2. The van der Waals surface area contributed by atoms with Crippen molar-refractivity contribution in [3.63, 3.8) is 0 Å². The van der Waals surface area contributed by atoms with Gasteiger partial charge in [-0.05, 0) is 6.42 Å². The number of carboxylic acids is 1. The van der Waals surface area contributed by atoms with Crippen LogP contribution in [-0.2, 0) is 11.2 Å². The number of nitrogens with zero attached hydrogens (tertiary/aromatic N) is 2. The minimum absolute atomic E-state index is 0.125. The summed E-state index contributed by atoms with van der Waals surface area (Å²) in [5.74, 6) is -0.767. The maximum absolute atomic E-state index is 11.4. The minimum Gasteiger partial charge on any atom is -0.481 e. The zero-order chi connectivity index (χ0) is 13.4. The summed E-state index contributed by atoms with van der Waals surface area (Å²) in [5, 5.41) is 20.3. The molecule has 8 nitrogen and oxygen atoms in total. The number of aromatic nitrogens is 3. The Hall–Kier alpha value is -2.12. The SMILES string of the molecule is CCC(CNC(=O)NCCc1ncn[nH]1)C(=O)O. The van der Waals surface area contributed by atoms with E-state index in [0.717, 1.165) is 0 Å². The van der Waals surface area contributed by atoms with Crippen LogP contribution in [0.5, 0.6) is 0 Å².